The number of carbonyl (C=O) groups is 2. The number of aryl methyl sites for hydroxylation is 1. The van der Waals surface area contributed by atoms with Gasteiger partial charge in [0.2, 0.25) is 5.76 Å². The van der Waals surface area contributed by atoms with E-state index in [1.165, 1.54) is 12.1 Å². The van der Waals surface area contributed by atoms with E-state index in [0.717, 1.165) is 6.07 Å². The van der Waals surface area contributed by atoms with Gasteiger partial charge in [0.15, 0.2) is 0 Å². The van der Waals surface area contributed by atoms with Crippen molar-refractivity contribution in [3.05, 3.63) is 61.5 Å². The number of carboxylic acids is 1. The largest absolute Gasteiger partial charge is 0.475 e. The molecular weight excluding hydrogens is 378 g/mol. The average Bonchev–Trinajstić information content (AvgIpc) is 2.97. The number of amides is 1. The molecule has 1 amide bonds. The van der Waals surface area contributed by atoms with Crippen molar-refractivity contribution in [1.29, 1.82) is 0 Å². The monoisotopic (exact) mass is 391 g/mol. The zero-order chi connectivity index (χ0) is 19.7. The summed E-state index contributed by atoms with van der Waals surface area (Å²) in [4.78, 5) is 33.8. The first-order valence-electron chi connectivity index (χ1n) is 7.96. The van der Waals surface area contributed by atoms with E-state index in [1.807, 2.05) is 0 Å². The molecule has 1 heterocycles. The number of nitrogens with one attached hydrogen (secondary N) is 1. The van der Waals surface area contributed by atoms with Crippen molar-refractivity contribution in [3.63, 3.8) is 0 Å². The van der Waals surface area contributed by atoms with Gasteiger partial charge in [-0.15, -0.1) is 0 Å². The molecule has 1 aliphatic rings. The molecule has 1 aliphatic carbocycles. The van der Waals surface area contributed by atoms with Crippen LogP contribution < -0.4 is 5.43 Å². The predicted octanol–water partition coefficient (Wildman–Crippen LogP) is 3.32. The Morgan fingerprint density at radius 3 is 2.78 bits per heavy atom. The highest BCUT2D eigenvalue weighted by molar-refractivity contribution is 6.32. The molecule has 0 spiro atoms. The Balaban J connectivity index is 1.88. The number of halogens is 1. The van der Waals surface area contributed by atoms with E-state index in [4.69, 9.17) is 16.0 Å². The minimum absolute atomic E-state index is 0.0293. The summed E-state index contributed by atoms with van der Waals surface area (Å²) in [6.45, 7) is 1.62. The fraction of sp³-hybridized carbons (Fsp3) is 0.235. The summed E-state index contributed by atoms with van der Waals surface area (Å²) in [5, 5.41) is 24.1. The lowest BCUT2D eigenvalue weighted by Gasteiger charge is -2.13. The minimum Gasteiger partial charge on any atom is -0.475 e. The van der Waals surface area contributed by atoms with Crippen molar-refractivity contribution in [3.8, 4) is 0 Å². The molecule has 0 aliphatic heterocycles. The molecule has 0 saturated heterocycles. The molecule has 0 radical (unpaired) electrons. The number of hydrazone groups is 1. The van der Waals surface area contributed by atoms with E-state index >= 15 is 0 Å². The summed E-state index contributed by atoms with van der Waals surface area (Å²) in [5.41, 5.74) is 3.54. The Bertz CT molecular complexity index is 995. The van der Waals surface area contributed by atoms with Crippen LogP contribution in [-0.2, 0) is 6.42 Å². The number of carboxylic acid groups (broad SMARTS) is 1. The summed E-state index contributed by atoms with van der Waals surface area (Å²) in [6, 6.07) is 3.68. The standard InChI is InChI=1S/C17H14ClN3O6/c1-8-14-11(3-2-4-13(14)27-15(8)17(23)24)19-20-16(22)9-5-6-10(18)12(7-9)21(25)26/h5-7H,2-4H2,1H3,(H,20,22)(H,23,24)/b19-11+. The van der Waals surface area contributed by atoms with Crippen molar-refractivity contribution >= 4 is 34.9 Å². The summed E-state index contributed by atoms with van der Waals surface area (Å²) in [5.74, 6) is -1.44. The van der Waals surface area contributed by atoms with Gasteiger partial charge in [-0.25, -0.2) is 10.2 Å². The number of carbonyl (C=O) groups excluding carboxylic acids is 1. The Morgan fingerprint density at radius 1 is 1.37 bits per heavy atom. The van der Waals surface area contributed by atoms with Gasteiger partial charge in [-0.1, -0.05) is 11.6 Å². The second-order valence-electron chi connectivity index (χ2n) is 5.94. The van der Waals surface area contributed by atoms with Crippen LogP contribution in [0.1, 0.15) is 50.6 Å². The SMILES string of the molecule is Cc1c(C(=O)O)oc2c1/C(=N/NC(=O)c1ccc(Cl)c([N+](=O)[O-])c1)CCC2. The van der Waals surface area contributed by atoms with Gasteiger partial charge < -0.3 is 9.52 Å². The fourth-order valence-electron chi connectivity index (χ4n) is 2.96. The quantitative estimate of drug-likeness (QED) is 0.606. The third-order valence-corrected chi connectivity index (χ3v) is 4.54. The van der Waals surface area contributed by atoms with Crippen LogP contribution in [0.3, 0.4) is 0 Å². The van der Waals surface area contributed by atoms with Gasteiger partial charge in [0, 0.05) is 29.2 Å². The molecule has 2 aromatic rings. The smallest absolute Gasteiger partial charge is 0.372 e. The maximum atomic E-state index is 12.3. The normalized spacial score (nSPS) is 14.7. The Labute approximate surface area is 157 Å². The molecule has 2 N–H and O–H groups in total. The van der Waals surface area contributed by atoms with Gasteiger partial charge in [-0.2, -0.15) is 5.10 Å². The zero-order valence-corrected chi connectivity index (χ0v) is 14.9. The molecule has 1 aromatic carbocycles. The highest BCUT2D eigenvalue weighted by Gasteiger charge is 2.28. The fourth-order valence-corrected chi connectivity index (χ4v) is 3.15. The number of aromatic carboxylic acids is 1. The Morgan fingerprint density at radius 2 is 2.11 bits per heavy atom. The van der Waals surface area contributed by atoms with Crippen molar-refractivity contribution in [1.82, 2.24) is 5.43 Å². The first kappa shape index (κ1) is 18.6. The van der Waals surface area contributed by atoms with Gasteiger partial charge in [0.1, 0.15) is 10.8 Å². The molecule has 140 valence electrons. The maximum absolute atomic E-state index is 12.3. The third kappa shape index (κ3) is 3.54. The maximum Gasteiger partial charge on any atom is 0.372 e. The number of nitro benzene ring substituents is 1. The lowest BCUT2D eigenvalue weighted by Crippen LogP contribution is -2.22. The first-order chi connectivity index (χ1) is 12.8. The van der Waals surface area contributed by atoms with Crippen LogP contribution in [-0.4, -0.2) is 27.6 Å². The lowest BCUT2D eigenvalue weighted by atomic mass is 9.93. The topological polar surface area (TPSA) is 135 Å². The molecule has 0 bridgehead atoms. The number of benzene rings is 1. The van der Waals surface area contributed by atoms with Crippen LogP contribution in [0.15, 0.2) is 27.7 Å². The van der Waals surface area contributed by atoms with E-state index in [9.17, 15) is 24.8 Å². The molecule has 9 nitrogen and oxygen atoms in total. The highest BCUT2D eigenvalue weighted by Crippen LogP contribution is 2.30. The second-order valence-corrected chi connectivity index (χ2v) is 6.34. The molecule has 3 rings (SSSR count). The first-order valence-corrected chi connectivity index (χ1v) is 8.34. The van der Waals surface area contributed by atoms with E-state index < -0.39 is 16.8 Å². The number of nitro groups is 1. The third-order valence-electron chi connectivity index (χ3n) is 4.22. The summed E-state index contributed by atoms with van der Waals surface area (Å²) in [6.07, 6.45) is 1.81. The van der Waals surface area contributed by atoms with Gasteiger partial charge in [-0.05, 0) is 31.9 Å². The molecule has 27 heavy (non-hydrogen) atoms. The van der Waals surface area contributed by atoms with Gasteiger partial charge in [-0.3, -0.25) is 14.9 Å². The van der Waals surface area contributed by atoms with Crippen molar-refractivity contribution in [2.24, 2.45) is 5.10 Å². The van der Waals surface area contributed by atoms with E-state index in [2.05, 4.69) is 10.5 Å². The van der Waals surface area contributed by atoms with Gasteiger partial charge >= 0.3 is 5.97 Å². The molecule has 0 unspecified atom stereocenters. The summed E-state index contributed by atoms with van der Waals surface area (Å²) in [7, 11) is 0. The average molecular weight is 392 g/mol. The van der Waals surface area contributed by atoms with Crippen LogP contribution in [0.2, 0.25) is 5.02 Å². The number of nitrogens with zero attached hydrogens (tertiary/aromatic N) is 2. The second kappa shape index (κ2) is 7.20. The number of rotatable bonds is 4. The molecule has 1 aromatic heterocycles. The summed E-state index contributed by atoms with van der Waals surface area (Å²) >= 11 is 5.74. The number of hydrogen-bond acceptors (Lipinski definition) is 6. The van der Waals surface area contributed by atoms with E-state index in [0.29, 0.717) is 41.9 Å². The predicted molar refractivity (Wildman–Crippen MR) is 95.5 cm³/mol. The zero-order valence-electron chi connectivity index (χ0n) is 14.1. The number of hydrogen-bond donors (Lipinski definition) is 2. The van der Waals surface area contributed by atoms with Crippen molar-refractivity contribution < 1.29 is 24.0 Å². The van der Waals surface area contributed by atoms with Gasteiger partial charge in [0.25, 0.3) is 11.6 Å². The lowest BCUT2D eigenvalue weighted by molar-refractivity contribution is -0.384. The van der Waals surface area contributed by atoms with Crippen molar-refractivity contribution in [2.45, 2.75) is 26.2 Å². The number of furan rings is 1. The highest BCUT2D eigenvalue weighted by atomic mass is 35.5. The molecular formula is C17H14ClN3O6. The molecule has 10 heteroatoms. The summed E-state index contributed by atoms with van der Waals surface area (Å²) < 4.78 is 5.39. The Kier molecular flexibility index (Phi) is 4.95. The van der Waals surface area contributed by atoms with Crippen molar-refractivity contribution in [2.75, 3.05) is 0 Å². The van der Waals surface area contributed by atoms with Crippen LogP contribution in [0.4, 0.5) is 5.69 Å². The number of fused-ring (bicyclic) bond motifs is 1. The van der Waals surface area contributed by atoms with Crippen LogP contribution in [0.5, 0.6) is 0 Å². The molecule has 0 fully saturated rings. The molecule has 0 atom stereocenters. The molecule has 0 saturated carbocycles. The van der Waals surface area contributed by atoms with E-state index in [-0.39, 0.29) is 22.0 Å². The van der Waals surface area contributed by atoms with Crippen LogP contribution in [0.25, 0.3) is 0 Å². The van der Waals surface area contributed by atoms with Crippen LogP contribution in [0, 0.1) is 17.0 Å². The minimum atomic E-state index is -1.17. The van der Waals surface area contributed by atoms with Gasteiger partial charge in [0.05, 0.1) is 10.6 Å². The van der Waals surface area contributed by atoms with E-state index in [1.54, 1.807) is 6.92 Å². The van der Waals surface area contributed by atoms with Crippen LogP contribution >= 0.6 is 11.6 Å². The Hall–Kier alpha value is -3.20.